The predicted molar refractivity (Wildman–Crippen MR) is 75.3 cm³/mol. The van der Waals surface area contributed by atoms with Crippen LogP contribution in [-0.4, -0.2) is 35.0 Å². The molecule has 1 fully saturated rings. The van der Waals surface area contributed by atoms with Gasteiger partial charge in [0.15, 0.2) is 0 Å². The van der Waals surface area contributed by atoms with E-state index in [-0.39, 0.29) is 17.1 Å². The number of hydrogen-bond acceptors (Lipinski definition) is 3. The third kappa shape index (κ3) is 3.50. The van der Waals surface area contributed by atoms with E-state index in [2.05, 4.69) is 5.32 Å². The predicted octanol–water partition coefficient (Wildman–Crippen LogP) is 1.65. The van der Waals surface area contributed by atoms with E-state index >= 15 is 0 Å². The van der Waals surface area contributed by atoms with E-state index in [4.69, 9.17) is 5.11 Å². The van der Waals surface area contributed by atoms with Crippen molar-refractivity contribution in [3.63, 3.8) is 0 Å². The average molecular weight is 279 g/mol. The molecule has 102 valence electrons. The zero-order chi connectivity index (χ0) is 13.7. The smallest absolute Gasteiger partial charge is 0.313 e. The van der Waals surface area contributed by atoms with Crippen LogP contribution in [0.15, 0.2) is 30.3 Å². The van der Waals surface area contributed by atoms with E-state index in [0.29, 0.717) is 12.3 Å². The molecule has 0 spiro atoms. The normalized spacial score (nSPS) is 15.8. The molecule has 4 nitrogen and oxygen atoms in total. The van der Waals surface area contributed by atoms with Crippen molar-refractivity contribution in [2.24, 2.45) is 0 Å². The number of carboxylic acid groups (broad SMARTS) is 1. The molecule has 1 aliphatic carbocycles. The van der Waals surface area contributed by atoms with Crippen molar-refractivity contribution in [2.75, 3.05) is 18.1 Å². The second kappa shape index (κ2) is 6.10. The molecule has 0 heterocycles. The fourth-order valence-electron chi connectivity index (χ4n) is 2.09. The molecule has 0 radical (unpaired) electrons. The molecule has 2 N–H and O–H groups in total. The molecular weight excluding hydrogens is 262 g/mol. The molecule has 0 saturated heterocycles. The van der Waals surface area contributed by atoms with E-state index in [1.807, 2.05) is 30.3 Å². The maximum Gasteiger partial charge on any atom is 0.313 e. The van der Waals surface area contributed by atoms with Crippen LogP contribution in [0.2, 0.25) is 0 Å². The number of carbonyl (C=O) groups is 2. The van der Waals surface area contributed by atoms with E-state index in [9.17, 15) is 9.59 Å². The number of carboxylic acids is 1. The molecule has 1 aliphatic rings. The lowest BCUT2D eigenvalue weighted by Crippen LogP contribution is -2.36. The van der Waals surface area contributed by atoms with Crippen molar-refractivity contribution in [1.29, 1.82) is 0 Å². The average Bonchev–Trinajstić information content (AvgIpc) is 3.20. The molecule has 0 bridgehead atoms. The zero-order valence-corrected chi connectivity index (χ0v) is 11.4. The van der Waals surface area contributed by atoms with Crippen LogP contribution >= 0.6 is 11.8 Å². The Labute approximate surface area is 116 Å². The summed E-state index contributed by atoms with van der Waals surface area (Å²) < 4.78 is 0. The summed E-state index contributed by atoms with van der Waals surface area (Å²) >= 11 is 1.32. The minimum atomic E-state index is -0.820. The van der Waals surface area contributed by atoms with Crippen LogP contribution in [0.25, 0.3) is 0 Å². The van der Waals surface area contributed by atoms with Crippen molar-refractivity contribution < 1.29 is 14.7 Å². The van der Waals surface area contributed by atoms with Crippen LogP contribution in [0.3, 0.4) is 0 Å². The molecular formula is C14H17NO3S. The third-order valence-corrected chi connectivity index (χ3v) is 4.21. The molecule has 0 unspecified atom stereocenters. The third-order valence-electron chi connectivity index (χ3n) is 3.27. The number of carbonyl (C=O) groups excluding carboxylic acids is 1. The highest BCUT2D eigenvalue weighted by Gasteiger charge is 2.50. The number of hydrogen-bond donors (Lipinski definition) is 2. The Kier molecular flexibility index (Phi) is 4.47. The molecule has 19 heavy (non-hydrogen) atoms. The van der Waals surface area contributed by atoms with Gasteiger partial charge in [0.25, 0.3) is 0 Å². The van der Waals surface area contributed by atoms with Gasteiger partial charge in [-0.25, -0.2) is 0 Å². The van der Waals surface area contributed by atoms with Gasteiger partial charge in [-0.1, -0.05) is 30.3 Å². The number of amides is 1. The van der Waals surface area contributed by atoms with E-state index in [1.54, 1.807) is 0 Å². The fraction of sp³-hybridized carbons (Fsp3) is 0.429. The Balaban J connectivity index is 1.79. The second-order valence-corrected chi connectivity index (χ2v) is 5.76. The molecule has 1 amide bonds. The first-order valence-electron chi connectivity index (χ1n) is 6.28. The Hall–Kier alpha value is -1.49. The molecule has 5 heteroatoms. The first kappa shape index (κ1) is 13.9. The SMILES string of the molecule is O=C(O)CSCCNC(=O)C1(c2ccccc2)CC1. The lowest BCUT2D eigenvalue weighted by atomic mass is 9.95. The summed E-state index contributed by atoms with van der Waals surface area (Å²) in [4.78, 5) is 22.5. The van der Waals surface area contributed by atoms with Crippen LogP contribution in [0, 0.1) is 0 Å². The highest BCUT2D eigenvalue weighted by molar-refractivity contribution is 7.99. The van der Waals surface area contributed by atoms with Crippen LogP contribution < -0.4 is 5.32 Å². The van der Waals surface area contributed by atoms with E-state index < -0.39 is 5.97 Å². The van der Waals surface area contributed by atoms with Gasteiger partial charge in [-0.05, 0) is 18.4 Å². The summed E-state index contributed by atoms with van der Waals surface area (Å²) in [7, 11) is 0. The minimum absolute atomic E-state index is 0.0645. The van der Waals surface area contributed by atoms with Gasteiger partial charge < -0.3 is 10.4 Å². The Morgan fingerprint density at radius 2 is 1.95 bits per heavy atom. The van der Waals surface area contributed by atoms with Gasteiger partial charge in [0.2, 0.25) is 5.91 Å². The Morgan fingerprint density at radius 3 is 2.53 bits per heavy atom. The Morgan fingerprint density at radius 1 is 1.26 bits per heavy atom. The molecule has 1 saturated carbocycles. The number of rotatable bonds is 7. The quantitative estimate of drug-likeness (QED) is 0.745. The van der Waals surface area contributed by atoms with Crippen molar-refractivity contribution in [2.45, 2.75) is 18.3 Å². The van der Waals surface area contributed by atoms with Gasteiger partial charge in [-0.3, -0.25) is 9.59 Å². The summed E-state index contributed by atoms with van der Waals surface area (Å²) in [6, 6.07) is 9.83. The minimum Gasteiger partial charge on any atom is -0.481 e. The van der Waals surface area contributed by atoms with Crippen LogP contribution in [0.5, 0.6) is 0 Å². The van der Waals surface area contributed by atoms with E-state index in [0.717, 1.165) is 18.4 Å². The highest BCUT2D eigenvalue weighted by Crippen LogP contribution is 2.48. The lowest BCUT2D eigenvalue weighted by molar-refractivity contribution is -0.133. The number of nitrogens with one attached hydrogen (secondary N) is 1. The van der Waals surface area contributed by atoms with Crippen molar-refractivity contribution in [3.05, 3.63) is 35.9 Å². The zero-order valence-electron chi connectivity index (χ0n) is 10.6. The van der Waals surface area contributed by atoms with Crippen LogP contribution in [-0.2, 0) is 15.0 Å². The topological polar surface area (TPSA) is 66.4 Å². The summed E-state index contributed by atoms with van der Waals surface area (Å²) in [6.07, 6.45) is 1.79. The van der Waals surface area contributed by atoms with Crippen molar-refractivity contribution in [1.82, 2.24) is 5.32 Å². The summed E-state index contributed by atoms with van der Waals surface area (Å²) in [5.74, 6) is -0.0447. The summed E-state index contributed by atoms with van der Waals surface area (Å²) in [5, 5.41) is 11.4. The number of thioether (sulfide) groups is 1. The first-order valence-corrected chi connectivity index (χ1v) is 7.44. The van der Waals surface area contributed by atoms with Gasteiger partial charge in [0.1, 0.15) is 0 Å². The largest absolute Gasteiger partial charge is 0.481 e. The lowest BCUT2D eigenvalue weighted by Gasteiger charge is -2.15. The first-order chi connectivity index (χ1) is 9.15. The second-order valence-electron chi connectivity index (χ2n) is 4.65. The molecule has 0 atom stereocenters. The van der Waals surface area contributed by atoms with Crippen LogP contribution in [0.1, 0.15) is 18.4 Å². The molecule has 0 aromatic heterocycles. The maximum absolute atomic E-state index is 12.2. The van der Waals surface area contributed by atoms with Crippen LogP contribution in [0.4, 0.5) is 0 Å². The maximum atomic E-state index is 12.2. The molecule has 1 aromatic carbocycles. The highest BCUT2D eigenvalue weighted by atomic mass is 32.2. The van der Waals surface area contributed by atoms with Gasteiger partial charge >= 0.3 is 5.97 Å². The molecule has 0 aliphatic heterocycles. The monoisotopic (exact) mass is 279 g/mol. The Bertz CT molecular complexity index is 457. The fourth-order valence-corrected chi connectivity index (χ4v) is 2.66. The molecule has 1 aromatic rings. The standard InChI is InChI=1S/C14H17NO3S/c16-12(17)10-19-9-8-15-13(18)14(6-7-14)11-4-2-1-3-5-11/h1-5H,6-10H2,(H,15,18)(H,16,17). The summed E-state index contributed by atoms with van der Waals surface area (Å²) in [5.41, 5.74) is 0.740. The van der Waals surface area contributed by atoms with Gasteiger partial charge in [0, 0.05) is 12.3 Å². The van der Waals surface area contributed by atoms with Crippen molar-refractivity contribution in [3.8, 4) is 0 Å². The van der Waals surface area contributed by atoms with E-state index in [1.165, 1.54) is 11.8 Å². The summed E-state index contributed by atoms with van der Waals surface area (Å²) in [6.45, 7) is 0.519. The van der Waals surface area contributed by atoms with Gasteiger partial charge in [0.05, 0.1) is 11.2 Å². The number of benzene rings is 1. The van der Waals surface area contributed by atoms with Gasteiger partial charge in [-0.15, -0.1) is 11.8 Å². The molecule has 2 rings (SSSR count). The van der Waals surface area contributed by atoms with Crippen molar-refractivity contribution >= 4 is 23.6 Å². The number of aliphatic carboxylic acids is 1. The van der Waals surface area contributed by atoms with Gasteiger partial charge in [-0.2, -0.15) is 0 Å².